The molecule has 2 aromatic rings. The lowest BCUT2D eigenvalue weighted by Crippen LogP contribution is -2.02. The van der Waals surface area contributed by atoms with E-state index in [9.17, 15) is 25.1 Å². The van der Waals surface area contributed by atoms with Crippen LogP contribution in [0.3, 0.4) is 0 Å². The van der Waals surface area contributed by atoms with Gasteiger partial charge in [0.2, 0.25) is 0 Å². The highest BCUT2D eigenvalue weighted by Gasteiger charge is 2.19. The third-order valence-electron chi connectivity index (χ3n) is 4.44. The summed E-state index contributed by atoms with van der Waals surface area (Å²) in [5.74, 6) is 10.4. The normalized spacial score (nSPS) is 11.5. The first-order valence-corrected chi connectivity index (χ1v) is 11.1. The molecule has 0 aliphatic rings. The van der Waals surface area contributed by atoms with Crippen LogP contribution in [0.25, 0.3) is 0 Å². The van der Waals surface area contributed by atoms with Crippen LogP contribution in [-0.4, -0.2) is 46.2 Å². The van der Waals surface area contributed by atoms with E-state index in [1.165, 1.54) is 50.5 Å². The summed E-state index contributed by atoms with van der Waals surface area (Å²) < 4.78 is 10.2. The summed E-state index contributed by atoms with van der Waals surface area (Å²) in [5, 5.41) is 40.8. The molecule has 0 aliphatic carbocycles. The lowest BCUT2D eigenvalue weighted by molar-refractivity contribution is -0.385. The van der Waals surface area contributed by atoms with Crippen molar-refractivity contribution in [2.24, 2.45) is 0 Å². The molecule has 0 saturated carbocycles. The number of rotatable bonds is 9. The maximum Gasteiger partial charge on any atom is 0.377 e. The number of allylic oxidation sites excluding steroid dienone is 2. The number of benzene rings is 2. The average molecular weight is 498 g/mol. The van der Waals surface area contributed by atoms with Crippen molar-refractivity contribution in [3.8, 4) is 23.7 Å². The van der Waals surface area contributed by atoms with Gasteiger partial charge in [-0.2, -0.15) is 0 Å². The summed E-state index contributed by atoms with van der Waals surface area (Å²) in [6, 6.07) is 8.38. The number of aliphatic hydroxyl groups is 2. The lowest BCUT2D eigenvalue weighted by atomic mass is 10.0. The number of nitro benzene ring substituents is 2. The van der Waals surface area contributed by atoms with E-state index in [2.05, 4.69) is 23.7 Å². The molecule has 0 amide bonds. The van der Waals surface area contributed by atoms with Crippen molar-refractivity contribution in [2.75, 3.05) is 13.2 Å². The van der Waals surface area contributed by atoms with Gasteiger partial charge in [0.15, 0.2) is 0 Å². The summed E-state index contributed by atoms with van der Waals surface area (Å²) in [7, 11) is -1.14. The van der Waals surface area contributed by atoms with Gasteiger partial charge in [-0.3, -0.25) is 20.2 Å². The van der Waals surface area contributed by atoms with Crippen molar-refractivity contribution in [3.63, 3.8) is 0 Å². The van der Waals surface area contributed by atoms with Crippen molar-refractivity contribution >= 4 is 28.0 Å². The first-order valence-electron chi connectivity index (χ1n) is 9.93. The fraction of sp³-hybridized carbons (Fsp3) is 0.182. The van der Waals surface area contributed by atoms with Crippen LogP contribution in [0.5, 0.6) is 0 Å². The van der Waals surface area contributed by atoms with Crippen LogP contribution in [-0.2, 0) is 21.8 Å². The summed E-state index contributed by atoms with van der Waals surface area (Å²) >= 11 is 0. The van der Waals surface area contributed by atoms with Crippen LogP contribution >= 0.6 is 8.60 Å². The fourth-order valence-corrected chi connectivity index (χ4v) is 3.38. The highest BCUT2D eigenvalue weighted by atomic mass is 31.2. The van der Waals surface area contributed by atoms with Gasteiger partial charge in [0, 0.05) is 47.2 Å². The zero-order chi connectivity index (χ0) is 25.8. The molecular weight excluding hydrogens is 478 g/mol. The van der Waals surface area contributed by atoms with E-state index in [0.29, 0.717) is 11.1 Å². The Morgan fingerprint density at radius 2 is 1.49 bits per heavy atom. The minimum absolute atomic E-state index is 0.0228. The van der Waals surface area contributed by atoms with E-state index in [1.807, 2.05) is 0 Å². The number of nitrogens with zero attached hydrogens (tertiary/aromatic N) is 2. The Labute approximate surface area is 202 Å². The second kappa shape index (κ2) is 13.8. The summed E-state index contributed by atoms with van der Waals surface area (Å²) in [5.41, 5.74) is 0.951. The first kappa shape index (κ1) is 27.5. The number of nitro groups is 2. The highest BCUT2D eigenvalue weighted by Crippen LogP contribution is 2.36. The molecule has 0 heterocycles. The van der Waals surface area contributed by atoms with E-state index < -0.39 is 18.4 Å². The largest absolute Gasteiger partial charge is 0.432 e. The Bertz CT molecular complexity index is 1240. The van der Waals surface area contributed by atoms with E-state index in [1.54, 1.807) is 0 Å². The van der Waals surface area contributed by atoms with Crippen LogP contribution in [0.2, 0.25) is 0 Å². The van der Waals surface area contributed by atoms with Gasteiger partial charge in [0.05, 0.1) is 9.85 Å². The van der Waals surface area contributed by atoms with E-state index in [4.69, 9.17) is 19.2 Å². The minimum Gasteiger partial charge on any atom is -0.432 e. The molecule has 0 saturated heterocycles. The zero-order valence-corrected chi connectivity index (χ0v) is 19.4. The fourth-order valence-electron chi connectivity index (χ4n) is 2.96. The number of hydrogen-bond acceptors (Lipinski definition) is 9. The van der Waals surface area contributed by atoms with Crippen molar-refractivity contribution in [3.05, 3.63) is 90.7 Å². The van der Waals surface area contributed by atoms with Crippen molar-refractivity contribution in [2.45, 2.75) is 12.8 Å². The molecule has 35 heavy (non-hydrogen) atoms. The second-order valence-corrected chi connectivity index (χ2v) is 7.71. The Hall–Kier alpha value is -3.77. The Balaban J connectivity index is 2.49. The number of hydrogen-bond donors (Lipinski definition) is 3. The topological polar surface area (TPSA) is 165 Å². The maximum atomic E-state index is 11.5. The van der Waals surface area contributed by atoms with Gasteiger partial charge >= 0.3 is 8.60 Å². The Morgan fingerprint density at radius 3 is 1.97 bits per heavy atom. The van der Waals surface area contributed by atoms with Crippen LogP contribution < -0.4 is 0 Å². The second-order valence-electron chi connectivity index (χ2n) is 6.68. The molecule has 180 valence electrons. The van der Waals surface area contributed by atoms with Crippen LogP contribution in [0, 0.1) is 43.9 Å². The van der Waals surface area contributed by atoms with Gasteiger partial charge in [-0.25, -0.2) is 0 Å². The Morgan fingerprint density at radius 1 is 0.971 bits per heavy atom. The SMILES string of the molecule is BOP(O)OC(=CCc1cc(C#CCO)ccc1[N+](=O)[O-])Cc1cc(C#CCO)ccc1[N+](=O)[O-]. The van der Waals surface area contributed by atoms with Crippen molar-refractivity contribution in [1.29, 1.82) is 0 Å². The predicted molar refractivity (Wildman–Crippen MR) is 129 cm³/mol. The lowest BCUT2D eigenvalue weighted by Gasteiger charge is -2.14. The van der Waals surface area contributed by atoms with Crippen LogP contribution in [0.1, 0.15) is 22.3 Å². The van der Waals surface area contributed by atoms with Gasteiger partial charge in [-0.1, -0.05) is 23.7 Å². The van der Waals surface area contributed by atoms with Gasteiger partial charge in [-0.05, 0) is 30.3 Å². The molecule has 0 bridgehead atoms. The van der Waals surface area contributed by atoms with Crippen molar-refractivity contribution < 1.29 is 33.9 Å². The van der Waals surface area contributed by atoms with E-state index >= 15 is 0 Å². The monoisotopic (exact) mass is 498 g/mol. The first-order chi connectivity index (χ1) is 16.8. The molecular formula is C22H20BN2O9P. The molecule has 0 radical (unpaired) electrons. The quantitative estimate of drug-likeness (QED) is 0.116. The number of aliphatic hydroxyl groups excluding tert-OH is 2. The molecule has 13 heteroatoms. The van der Waals surface area contributed by atoms with E-state index in [0.717, 1.165) is 0 Å². The molecule has 1 unspecified atom stereocenters. The molecule has 2 rings (SSSR count). The minimum atomic E-state index is -2.35. The molecule has 0 fully saturated rings. The smallest absolute Gasteiger partial charge is 0.377 e. The molecule has 2 aromatic carbocycles. The van der Waals surface area contributed by atoms with Crippen LogP contribution in [0.15, 0.2) is 48.2 Å². The average Bonchev–Trinajstić information content (AvgIpc) is 2.84. The summed E-state index contributed by atoms with van der Waals surface area (Å²) in [6.07, 6.45) is 1.28. The summed E-state index contributed by atoms with van der Waals surface area (Å²) in [6.45, 7) is -0.758. The molecule has 3 N–H and O–H groups in total. The molecule has 11 nitrogen and oxygen atoms in total. The standard InChI is InChI=1S/C22H20BN2O9P/c23-34-35(32)33-20(15-19-14-17(4-2-12-27)6-10-22(19)25(30)31)8-7-18-13-16(3-1-11-26)5-9-21(18)24(28)29/h5-6,8-10,13-14,26-27,32H,7,11-12,15,23H2. The predicted octanol–water partition coefficient (Wildman–Crippen LogP) is 1.66. The van der Waals surface area contributed by atoms with Gasteiger partial charge in [0.1, 0.15) is 19.0 Å². The van der Waals surface area contributed by atoms with Crippen molar-refractivity contribution in [1.82, 2.24) is 0 Å². The Kier molecular flexibility index (Phi) is 10.9. The van der Waals surface area contributed by atoms with Gasteiger partial charge in [0.25, 0.3) is 19.4 Å². The summed E-state index contributed by atoms with van der Waals surface area (Å²) in [4.78, 5) is 31.7. The van der Waals surface area contributed by atoms with Gasteiger partial charge < -0.3 is 24.1 Å². The molecule has 0 spiro atoms. The zero-order valence-electron chi connectivity index (χ0n) is 18.5. The van der Waals surface area contributed by atoms with Crippen LogP contribution in [0.4, 0.5) is 11.4 Å². The molecule has 0 aromatic heterocycles. The van der Waals surface area contributed by atoms with Gasteiger partial charge in [-0.15, -0.1) is 0 Å². The molecule has 0 aliphatic heterocycles. The maximum absolute atomic E-state index is 11.5. The highest BCUT2D eigenvalue weighted by molar-refractivity contribution is 7.41. The molecule has 1 atom stereocenters. The van der Waals surface area contributed by atoms with E-state index in [-0.39, 0.29) is 54.3 Å². The third kappa shape index (κ3) is 8.51. The third-order valence-corrected chi connectivity index (χ3v) is 5.14.